The zero-order valence-electron chi connectivity index (χ0n) is 12.7. The minimum Gasteiger partial charge on any atom is -0.378 e. The van der Waals surface area contributed by atoms with Crippen LogP contribution in [0.3, 0.4) is 0 Å². The van der Waals surface area contributed by atoms with Crippen molar-refractivity contribution in [2.75, 3.05) is 13.2 Å². The van der Waals surface area contributed by atoms with Gasteiger partial charge in [-0.3, -0.25) is 0 Å². The van der Waals surface area contributed by atoms with E-state index in [0.717, 1.165) is 19.1 Å². The van der Waals surface area contributed by atoms with Crippen molar-refractivity contribution in [3.05, 3.63) is 0 Å². The largest absolute Gasteiger partial charge is 0.378 e. The highest BCUT2D eigenvalue weighted by atomic mass is 16.5. The molecular formula is C16H33NO. The van der Waals surface area contributed by atoms with Gasteiger partial charge in [0.25, 0.3) is 0 Å². The van der Waals surface area contributed by atoms with E-state index in [4.69, 9.17) is 4.74 Å². The van der Waals surface area contributed by atoms with Gasteiger partial charge in [-0.25, -0.2) is 0 Å². The molecule has 18 heavy (non-hydrogen) atoms. The Labute approximate surface area is 114 Å². The smallest absolute Gasteiger partial charge is 0.0551 e. The summed E-state index contributed by atoms with van der Waals surface area (Å²) in [7, 11) is 0. The zero-order valence-corrected chi connectivity index (χ0v) is 12.7. The topological polar surface area (TPSA) is 21.3 Å². The standard InChI is InChI=1S/C16H33NO/c1-4-6-7-8-9-10-11-16(17-5-2)15-12-14(3)18-13-15/h14-17H,4-13H2,1-3H3. The van der Waals surface area contributed by atoms with Gasteiger partial charge < -0.3 is 10.1 Å². The van der Waals surface area contributed by atoms with E-state index in [1.54, 1.807) is 0 Å². The Bertz CT molecular complexity index is 196. The molecule has 3 unspecified atom stereocenters. The highest BCUT2D eigenvalue weighted by molar-refractivity contribution is 4.81. The number of hydrogen-bond acceptors (Lipinski definition) is 2. The summed E-state index contributed by atoms with van der Waals surface area (Å²) in [6, 6.07) is 0.686. The third kappa shape index (κ3) is 6.19. The molecule has 1 fully saturated rings. The molecule has 1 aliphatic rings. The first-order valence-corrected chi connectivity index (χ1v) is 8.12. The van der Waals surface area contributed by atoms with Crippen LogP contribution in [0.15, 0.2) is 0 Å². The fourth-order valence-electron chi connectivity index (χ4n) is 3.04. The minimum absolute atomic E-state index is 0.473. The van der Waals surface area contributed by atoms with Gasteiger partial charge in [-0.05, 0) is 26.3 Å². The normalized spacial score (nSPS) is 25.5. The second-order valence-corrected chi connectivity index (χ2v) is 5.86. The van der Waals surface area contributed by atoms with Gasteiger partial charge in [0.05, 0.1) is 12.7 Å². The van der Waals surface area contributed by atoms with E-state index in [1.807, 2.05) is 0 Å². The fraction of sp³-hybridized carbons (Fsp3) is 1.00. The molecule has 2 nitrogen and oxygen atoms in total. The highest BCUT2D eigenvalue weighted by Crippen LogP contribution is 2.25. The molecule has 108 valence electrons. The van der Waals surface area contributed by atoms with Crippen molar-refractivity contribution in [3.8, 4) is 0 Å². The maximum atomic E-state index is 5.71. The van der Waals surface area contributed by atoms with Crippen molar-refractivity contribution in [2.45, 2.75) is 84.3 Å². The van der Waals surface area contributed by atoms with E-state index >= 15 is 0 Å². The van der Waals surface area contributed by atoms with Crippen LogP contribution in [0.1, 0.15) is 72.1 Å². The average molecular weight is 255 g/mol. The third-order valence-electron chi connectivity index (χ3n) is 4.13. The van der Waals surface area contributed by atoms with Gasteiger partial charge in [0.15, 0.2) is 0 Å². The van der Waals surface area contributed by atoms with Crippen molar-refractivity contribution < 1.29 is 4.74 Å². The number of hydrogen-bond donors (Lipinski definition) is 1. The number of rotatable bonds is 10. The predicted octanol–water partition coefficient (Wildman–Crippen LogP) is 4.14. The lowest BCUT2D eigenvalue weighted by Crippen LogP contribution is -2.36. The molecule has 1 rings (SSSR count). The van der Waals surface area contributed by atoms with E-state index in [2.05, 4.69) is 26.1 Å². The Kier molecular flexibility index (Phi) is 8.70. The molecule has 0 saturated carbocycles. The lowest BCUT2D eigenvalue weighted by molar-refractivity contribution is 0.116. The minimum atomic E-state index is 0.473. The van der Waals surface area contributed by atoms with E-state index in [-0.39, 0.29) is 0 Å². The van der Waals surface area contributed by atoms with E-state index in [9.17, 15) is 0 Å². The summed E-state index contributed by atoms with van der Waals surface area (Å²) < 4.78 is 5.71. The maximum Gasteiger partial charge on any atom is 0.0551 e. The van der Waals surface area contributed by atoms with Gasteiger partial charge in [-0.15, -0.1) is 0 Å². The highest BCUT2D eigenvalue weighted by Gasteiger charge is 2.28. The molecule has 1 N–H and O–H groups in total. The lowest BCUT2D eigenvalue weighted by atomic mass is 9.92. The second-order valence-electron chi connectivity index (χ2n) is 5.86. The molecule has 1 saturated heterocycles. The zero-order chi connectivity index (χ0) is 13.2. The molecule has 0 amide bonds. The molecule has 0 bridgehead atoms. The SMILES string of the molecule is CCCCCCCCC(NCC)C1COC(C)C1. The Morgan fingerprint density at radius 1 is 1.11 bits per heavy atom. The van der Waals surface area contributed by atoms with Crippen LogP contribution in [-0.2, 0) is 4.74 Å². The van der Waals surface area contributed by atoms with E-state index < -0.39 is 0 Å². The van der Waals surface area contributed by atoms with Crippen molar-refractivity contribution in [3.63, 3.8) is 0 Å². The molecular weight excluding hydrogens is 222 g/mol. The number of ether oxygens (including phenoxy) is 1. The summed E-state index contributed by atoms with van der Waals surface area (Å²) in [6.45, 7) is 8.75. The molecule has 0 aliphatic carbocycles. The van der Waals surface area contributed by atoms with Gasteiger partial charge in [-0.1, -0.05) is 52.4 Å². The molecule has 3 atom stereocenters. The summed E-state index contributed by atoms with van der Waals surface area (Å²) in [5.74, 6) is 0.746. The first-order chi connectivity index (χ1) is 8.77. The molecule has 0 aromatic heterocycles. The van der Waals surface area contributed by atoms with Gasteiger partial charge in [0.2, 0.25) is 0 Å². The fourth-order valence-corrected chi connectivity index (χ4v) is 3.04. The molecule has 1 heterocycles. The molecule has 0 aromatic carbocycles. The lowest BCUT2D eigenvalue weighted by Gasteiger charge is -2.23. The van der Waals surface area contributed by atoms with Crippen LogP contribution in [0.4, 0.5) is 0 Å². The monoisotopic (exact) mass is 255 g/mol. The van der Waals surface area contributed by atoms with Gasteiger partial charge in [0.1, 0.15) is 0 Å². The average Bonchev–Trinajstić information content (AvgIpc) is 2.79. The van der Waals surface area contributed by atoms with Crippen molar-refractivity contribution >= 4 is 0 Å². The summed E-state index contributed by atoms with van der Waals surface area (Å²) >= 11 is 0. The van der Waals surface area contributed by atoms with Crippen molar-refractivity contribution in [1.29, 1.82) is 0 Å². The van der Waals surface area contributed by atoms with Crippen LogP contribution in [0.2, 0.25) is 0 Å². The molecule has 1 aliphatic heterocycles. The predicted molar refractivity (Wildman–Crippen MR) is 79.0 cm³/mol. The molecule has 0 aromatic rings. The second kappa shape index (κ2) is 9.80. The van der Waals surface area contributed by atoms with Crippen LogP contribution in [-0.4, -0.2) is 25.3 Å². The van der Waals surface area contributed by atoms with Crippen LogP contribution >= 0.6 is 0 Å². The van der Waals surface area contributed by atoms with Crippen molar-refractivity contribution in [1.82, 2.24) is 5.32 Å². The maximum absolute atomic E-state index is 5.71. The first kappa shape index (κ1) is 16.0. The Balaban J connectivity index is 2.13. The Morgan fingerprint density at radius 2 is 1.83 bits per heavy atom. The number of nitrogens with one attached hydrogen (secondary N) is 1. The van der Waals surface area contributed by atoms with Crippen LogP contribution in [0.25, 0.3) is 0 Å². The molecule has 0 radical (unpaired) electrons. The van der Waals surface area contributed by atoms with Gasteiger partial charge in [-0.2, -0.15) is 0 Å². The van der Waals surface area contributed by atoms with Crippen LogP contribution < -0.4 is 5.32 Å². The quantitative estimate of drug-likeness (QED) is 0.592. The van der Waals surface area contributed by atoms with Crippen LogP contribution in [0.5, 0.6) is 0 Å². The van der Waals surface area contributed by atoms with Crippen molar-refractivity contribution in [2.24, 2.45) is 5.92 Å². The van der Waals surface area contributed by atoms with Gasteiger partial charge >= 0.3 is 0 Å². The number of unbranched alkanes of at least 4 members (excludes halogenated alkanes) is 5. The molecule has 2 heteroatoms. The first-order valence-electron chi connectivity index (χ1n) is 8.12. The van der Waals surface area contributed by atoms with E-state index in [0.29, 0.717) is 12.1 Å². The summed E-state index contributed by atoms with van der Waals surface area (Å²) in [6.07, 6.45) is 11.4. The van der Waals surface area contributed by atoms with E-state index in [1.165, 1.54) is 51.4 Å². The molecule has 0 spiro atoms. The van der Waals surface area contributed by atoms with Gasteiger partial charge in [0, 0.05) is 12.0 Å². The summed E-state index contributed by atoms with van der Waals surface area (Å²) in [5.41, 5.74) is 0. The third-order valence-corrected chi connectivity index (χ3v) is 4.13. The Morgan fingerprint density at radius 3 is 2.44 bits per heavy atom. The van der Waals surface area contributed by atoms with Crippen LogP contribution in [0, 0.1) is 5.92 Å². The summed E-state index contributed by atoms with van der Waals surface area (Å²) in [5, 5.41) is 3.67. The Hall–Kier alpha value is -0.0800. The summed E-state index contributed by atoms with van der Waals surface area (Å²) in [4.78, 5) is 0.